The van der Waals surface area contributed by atoms with Crippen LogP contribution < -0.4 is 10.6 Å². The first-order valence-corrected chi connectivity index (χ1v) is 11.0. The van der Waals surface area contributed by atoms with E-state index in [0.717, 1.165) is 12.8 Å². The first-order valence-electron chi connectivity index (χ1n) is 11.0. The number of nitrogens with one attached hydrogen (secondary N) is 2. The van der Waals surface area contributed by atoms with Crippen LogP contribution in [-0.2, 0) is 9.59 Å². The molecular weight excluding hydrogens is 352 g/mol. The number of amides is 2. The Balaban J connectivity index is 1.91. The molecular formula is C23H38N2O3. The van der Waals surface area contributed by atoms with Crippen LogP contribution in [0.5, 0.6) is 5.75 Å². The number of aromatic hydroxyl groups is 1. The lowest BCUT2D eigenvalue weighted by molar-refractivity contribution is -0.124. The number of phenols is 1. The molecule has 0 saturated carbocycles. The number of benzene rings is 1. The van der Waals surface area contributed by atoms with Crippen LogP contribution in [0.2, 0.25) is 0 Å². The summed E-state index contributed by atoms with van der Waals surface area (Å²) in [4.78, 5) is 23.6. The van der Waals surface area contributed by atoms with Gasteiger partial charge in [-0.15, -0.1) is 0 Å². The van der Waals surface area contributed by atoms with E-state index in [9.17, 15) is 14.7 Å². The summed E-state index contributed by atoms with van der Waals surface area (Å²) in [6, 6.07) is 6.23. The van der Waals surface area contributed by atoms with Crippen molar-refractivity contribution in [1.82, 2.24) is 5.32 Å². The molecule has 0 saturated heterocycles. The predicted octanol–water partition coefficient (Wildman–Crippen LogP) is 5.54. The second-order valence-corrected chi connectivity index (χ2v) is 7.51. The highest BCUT2D eigenvalue weighted by Crippen LogP contribution is 2.14. The van der Waals surface area contributed by atoms with Crippen molar-refractivity contribution in [1.29, 1.82) is 0 Å². The molecule has 0 heterocycles. The van der Waals surface area contributed by atoms with Gasteiger partial charge >= 0.3 is 0 Å². The molecule has 1 aromatic rings. The van der Waals surface area contributed by atoms with Gasteiger partial charge in [-0.05, 0) is 30.7 Å². The molecule has 0 atom stereocenters. The number of unbranched alkanes of at least 4 members (excludes halogenated alkanes) is 11. The Morgan fingerprint density at radius 3 is 1.79 bits per heavy atom. The molecule has 2 amide bonds. The lowest BCUT2D eigenvalue weighted by Gasteiger charge is -2.07. The summed E-state index contributed by atoms with van der Waals surface area (Å²) in [5, 5.41) is 14.5. The summed E-state index contributed by atoms with van der Waals surface area (Å²) >= 11 is 0. The van der Waals surface area contributed by atoms with Gasteiger partial charge in [0, 0.05) is 12.1 Å². The fourth-order valence-electron chi connectivity index (χ4n) is 3.14. The van der Waals surface area contributed by atoms with E-state index < -0.39 is 0 Å². The zero-order valence-corrected chi connectivity index (χ0v) is 17.5. The number of hydrogen-bond acceptors (Lipinski definition) is 3. The van der Waals surface area contributed by atoms with Crippen LogP contribution >= 0.6 is 0 Å². The van der Waals surface area contributed by atoms with E-state index in [2.05, 4.69) is 17.6 Å². The fourth-order valence-corrected chi connectivity index (χ4v) is 3.14. The Kier molecular flexibility index (Phi) is 13.7. The Hall–Kier alpha value is -2.04. The van der Waals surface area contributed by atoms with Crippen molar-refractivity contribution >= 4 is 17.5 Å². The molecule has 158 valence electrons. The molecule has 0 aromatic heterocycles. The minimum absolute atomic E-state index is 0.0298. The molecule has 5 nitrogen and oxygen atoms in total. The molecule has 0 radical (unpaired) electrons. The highest BCUT2D eigenvalue weighted by Gasteiger charge is 2.06. The zero-order valence-electron chi connectivity index (χ0n) is 17.5. The van der Waals surface area contributed by atoms with E-state index in [1.165, 1.54) is 76.3 Å². The van der Waals surface area contributed by atoms with Crippen LogP contribution in [0.4, 0.5) is 5.69 Å². The highest BCUT2D eigenvalue weighted by atomic mass is 16.3. The summed E-state index contributed by atoms with van der Waals surface area (Å²) in [5.74, 6) is -0.199. The molecule has 0 aliphatic carbocycles. The van der Waals surface area contributed by atoms with Gasteiger partial charge in [-0.3, -0.25) is 9.59 Å². The summed E-state index contributed by atoms with van der Waals surface area (Å²) < 4.78 is 0. The summed E-state index contributed by atoms with van der Waals surface area (Å²) in [6.07, 6.45) is 15.7. The number of carbonyl (C=O) groups is 2. The first kappa shape index (κ1) is 24.0. The predicted molar refractivity (Wildman–Crippen MR) is 115 cm³/mol. The molecule has 0 fully saturated rings. The van der Waals surface area contributed by atoms with Crippen LogP contribution in [-0.4, -0.2) is 23.5 Å². The third-order valence-electron chi connectivity index (χ3n) is 4.85. The lowest BCUT2D eigenvalue weighted by atomic mass is 10.0. The van der Waals surface area contributed by atoms with Crippen LogP contribution in [0.3, 0.4) is 0 Å². The maximum atomic E-state index is 11.8. The molecule has 0 spiro atoms. The summed E-state index contributed by atoms with van der Waals surface area (Å²) in [5.41, 5.74) is 0.595. The second-order valence-electron chi connectivity index (χ2n) is 7.51. The number of rotatable bonds is 16. The molecule has 0 aliphatic heterocycles. The maximum Gasteiger partial charge on any atom is 0.243 e. The van der Waals surface area contributed by atoms with Crippen molar-refractivity contribution < 1.29 is 14.7 Å². The van der Waals surface area contributed by atoms with Crippen molar-refractivity contribution in [2.24, 2.45) is 0 Å². The average molecular weight is 391 g/mol. The molecule has 0 unspecified atom stereocenters. The van der Waals surface area contributed by atoms with Gasteiger partial charge in [-0.1, -0.05) is 77.6 Å². The molecule has 1 aromatic carbocycles. The number of phenolic OH excluding ortho intramolecular Hbond substituents is 1. The zero-order chi connectivity index (χ0) is 20.5. The minimum Gasteiger partial charge on any atom is -0.508 e. The minimum atomic E-state index is -0.270. The Morgan fingerprint density at radius 2 is 1.25 bits per heavy atom. The Bertz CT molecular complexity index is 543. The van der Waals surface area contributed by atoms with Crippen molar-refractivity contribution in [3.05, 3.63) is 24.3 Å². The quantitative estimate of drug-likeness (QED) is 0.256. The van der Waals surface area contributed by atoms with Gasteiger partial charge in [-0.2, -0.15) is 0 Å². The summed E-state index contributed by atoms with van der Waals surface area (Å²) in [6.45, 7) is 2.22. The standard InChI is InChI=1S/C23H38N2O3/c1-2-3-4-5-6-7-8-9-10-11-12-13-14-22(27)24-19-23(28)25-20-15-17-21(26)18-16-20/h15-18,26H,2-14,19H2,1H3,(H,24,27)(H,25,28). The third-order valence-corrected chi connectivity index (χ3v) is 4.85. The normalized spacial score (nSPS) is 10.6. The molecule has 3 N–H and O–H groups in total. The van der Waals surface area contributed by atoms with Crippen molar-refractivity contribution in [2.45, 2.75) is 90.4 Å². The number of carbonyl (C=O) groups excluding carboxylic acids is 2. The largest absolute Gasteiger partial charge is 0.508 e. The van der Waals surface area contributed by atoms with E-state index in [1.54, 1.807) is 12.1 Å². The van der Waals surface area contributed by atoms with Crippen molar-refractivity contribution in [3.8, 4) is 5.75 Å². The third kappa shape index (κ3) is 13.2. The van der Waals surface area contributed by atoms with Gasteiger partial charge in [0.25, 0.3) is 0 Å². The fraction of sp³-hybridized carbons (Fsp3) is 0.652. The van der Waals surface area contributed by atoms with Crippen LogP contribution in [0.1, 0.15) is 90.4 Å². The first-order chi connectivity index (χ1) is 13.6. The van der Waals surface area contributed by atoms with E-state index in [0.29, 0.717) is 12.1 Å². The smallest absolute Gasteiger partial charge is 0.243 e. The SMILES string of the molecule is CCCCCCCCCCCCCCC(=O)NCC(=O)Nc1ccc(O)cc1. The number of hydrogen-bond donors (Lipinski definition) is 3. The molecule has 28 heavy (non-hydrogen) atoms. The van der Waals surface area contributed by atoms with Crippen LogP contribution in [0.15, 0.2) is 24.3 Å². The molecule has 0 aliphatic rings. The molecule has 1 rings (SSSR count). The second kappa shape index (κ2) is 16.0. The van der Waals surface area contributed by atoms with E-state index in [-0.39, 0.29) is 24.1 Å². The van der Waals surface area contributed by atoms with E-state index >= 15 is 0 Å². The monoisotopic (exact) mass is 390 g/mol. The van der Waals surface area contributed by atoms with Crippen molar-refractivity contribution in [3.63, 3.8) is 0 Å². The van der Waals surface area contributed by atoms with E-state index in [4.69, 9.17) is 0 Å². The van der Waals surface area contributed by atoms with Gasteiger partial charge in [0.15, 0.2) is 0 Å². The van der Waals surface area contributed by atoms with Gasteiger partial charge in [-0.25, -0.2) is 0 Å². The Morgan fingerprint density at radius 1 is 0.750 bits per heavy atom. The summed E-state index contributed by atoms with van der Waals surface area (Å²) in [7, 11) is 0. The molecule has 5 heteroatoms. The maximum absolute atomic E-state index is 11.8. The van der Waals surface area contributed by atoms with Crippen molar-refractivity contribution in [2.75, 3.05) is 11.9 Å². The Labute approximate surface area is 170 Å². The topological polar surface area (TPSA) is 78.4 Å². The lowest BCUT2D eigenvalue weighted by Crippen LogP contribution is -2.32. The highest BCUT2D eigenvalue weighted by molar-refractivity contribution is 5.94. The van der Waals surface area contributed by atoms with E-state index in [1.807, 2.05) is 0 Å². The van der Waals surface area contributed by atoms with Gasteiger partial charge in [0.1, 0.15) is 5.75 Å². The van der Waals surface area contributed by atoms with Gasteiger partial charge < -0.3 is 15.7 Å². The van der Waals surface area contributed by atoms with Crippen LogP contribution in [0.25, 0.3) is 0 Å². The average Bonchev–Trinajstić information content (AvgIpc) is 2.69. The number of anilines is 1. The van der Waals surface area contributed by atoms with Crippen LogP contribution in [0, 0.1) is 0 Å². The van der Waals surface area contributed by atoms with Gasteiger partial charge in [0.2, 0.25) is 11.8 Å². The molecule has 0 bridgehead atoms. The van der Waals surface area contributed by atoms with Gasteiger partial charge in [0.05, 0.1) is 6.54 Å².